The minimum absolute atomic E-state index is 0.0789. The first kappa shape index (κ1) is 17.1. The molecule has 1 saturated carbocycles. The predicted octanol–water partition coefficient (Wildman–Crippen LogP) is 4.74. The zero-order chi connectivity index (χ0) is 19.3. The third kappa shape index (κ3) is 2.90. The number of hydrogen-bond donors (Lipinski definition) is 1. The number of carbonyl (C=O) groups excluding carboxylic acids is 1. The van der Waals surface area contributed by atoms with Crippen molar-refractivity contribution in [1.29, 1.82) is 0 Å². The van der Waals surface area contributed by atoms with Crippen LogP contribution in [0.4, 0.5) is 5.69 Å². The number of benzene rings is 2. The van der Waals surface area contributed by atoms with Crippen molar-refractivity contribution >= 4 is 34.2 Å². The van der Waals surface area contributed by atoms with Crippen LogP contribution >= 0.6 is 11.6 Å². The Labute approximate surface area is 165 Å². The van der Waals surface area contributed by atoms with Crippen LogP contribution in [0.1, 0.15) is 36.2 Å². The molecule has 0 radical (unpaired) electrons. The lowest BCUT2D eigenvalue weighted by molar-refractivity contribution is -0.0716. The fourth-order valence-corrected chi connectivity index (χ4v) is 3.89. The number of hydrogen-bond acceptors (Lipinski definition) is 5. The highest BCUT2D eigenvalue weighted by molar-refractivity contribution is 6.31. The highest BCUT2D eigenvalue weighted by Crippen LogP contribution is 2.47. The van der Waals surface area contributed by atoms with Gasteiger partial charge in [0.25, 0.3) is 11.7 Å². The summed E-state index contributed by atoms with van der Waals surface area (Å²) in [5.41, 5.74) is 0.500. The molecule has 1 aromatic heterocycles. The number of nitrogens with one attached hydrogen (secondary N) is 1. The van der Waals surface area contributed by atoms with E-state index < -0.39 is 11.7 Å². The average Bonchev–Trinajstić information content (AvgIpc) is 3.27. The number of carbonyl (C=O) groups is 1. The van der Waals surface area contributed by atoms with Crippen LogP contribution in [0.25, 0.3) is 11.0 Å². The summed E-state index contributed by atoms with van der Waals surface area (Å²) in [6.07, 6.45) is 3.86. The molecule has 7 heteroatoms. The molecule has 28 heavy (non-hydrogen) atoms. The molecule has 1 amide bonds. The maximum absolute atomic E-state index is 12.6. The predicted molar refractivity (Wildman–Crippen MR) is 104 cm³/mol. The summed E-state index contributed by atoms with van der Waals surface area (Å²) < 4.78 is 17.6. The van der Waals surface area contributed by atoms with Gasteiger partial charge in [-0.3, -0.25) is 9.59 Å². The quantitative estimate of drug-likeness (QED) is 0.675. The van der Waals surface area contributed by atoms with Gasteiger partial charge in [-0.25, -0.2) is 0 Å². The molecule has 1 aliphatic carbocycles. The number of ether oxygens (including phenoxy) is 2. The van der Waals surface area contributed by atoms with E-state index in [0.717, 1.165) is 31.7 Å². The van der Waals surface area contributed by atoms with Crippen LogP contribution in [0, 0.1) is 0 Å². The van der Waals surface area contributed by atoms with Gasteiger partial charge in [0.1, 0.15) is 5.58 Å². The van der Waals surface area contributed by atoms with E-state index in [2.05, 4.69) is 5.32 Å². The SMILES string of the molecule is O=C(Nc1ccc2c(c1)OC1(CCCC1)O2)c1cc(=O)c2cc(Cl)ccc2o1. The first-order valence-electron chi connectivity index (χ1n) is 9.08. The lowest BCUT2D eigenvalue weighted by Crippen LogP contribution is -2.34. The van der Waals surface area contributed by atoms with Crippen molar-refractivity contribution in [3.8, 4) is 11.5 Å². The van der Waals surface area contributed by atoms with Crippen molar-refractivity contribution in [2.45, 2.75) is 31.5 Å². The molecular weight excluding hydrogens is 382 g/mol. The number of fused-ring (bicyclic) bond motifs is 2. The van der Waals surface area contributed by atoms with Crippen LogP contribution in [0.15, 0.2) is 51.7 Å². The smallest absolute Gasteiger partial charge is 0.291 e. The van der Waals surface area contributed by atoms with Crippen molar-refractivity contribution in [3.63, 3.8) is 0 Å². The van der Waals surface area contributed by atoms with Gasteiger partial charge in [-0.05, 0) is 43.2 Å². The first-order chi connectivity index (χ1) is 13.5. The minimum atomic E-state index is -0.558. The molecule has 1 aliphatic heterocycles. The Bertz CT molecular complexity index is 1160. The molecule has 5 rings (SSSR count). The van der Waals surface area contributed by atoms with Crippen molar-refractivity contribution in [2.75, 3.05) is 5.32 Å². The third-order valence-corrected chi connectivity index (χ3v) is 5.31. The molecule has 3 aromatic rings. The Morgan fingerprint density at radius 2 is 1.79 bits per heavy atom. The second kappa shape index (κ2) is 6.27. The van der Waals surface area contributed by atoms with Gasteiger partial charge >= 0.3 is 0 Å². The van der Waals surface area contributed by atoms with E-state index in [1.165, 1.54) is 6.07 Å². The lowest BCUT2D eigenvalue weighted by atomic mass is 10.2. The monoisotopic (exact) mass is 397 g/mol. The summed E-state index contributed by atoms with van der Waals surface area (Å²) in [7, 11) is 0. The Balaban J connectivity index is 1.40. The topological polar surface area (TPSA) is 77.8 Å². The molecule has 6 nitrogen and oxygen atoms in total. The van der Waals surface area contributed by atoms with Crippen molar-refractivity contribution < 1.29 is 18.7 Å². The summed E-state index contributed by atoms with van der Waals surface area (Å²) in [4.78, 5) is 24.9. The highest BCUT2D eigenvalue weighted by atomic mass is 35.5. The molecule has 0 atom stereocenters. The van der Waals surface area contributed by atoms with Gasteiger partial charge in [-0.15, -0.1) is 0 Å². The summed E-state index contributed by atoms with van der Waals surface area (Å²) in [5.74, 6) is 0.119. The van der Waals surface area contributed by atoms with E-state index in [1.54, 1.807) is 30.3 Å². The van der Waals surface area contributed by atoms with E-state index in [1.807, 2.05) is 0 Å². The van der Waals surface area contributed by atoms with Crippen LogP contribution in [0.5, 0.6) is 11.5 Å². The third-order valence-electron chi connectivity index (χ3n) is 5.07. The molecule has 0 bridgehead atoms. The summed E-state index contributed by atoms with van der Waals surface area (Å²) in [6, 6.07) is 11.1. The van der Waals surface area contributed by atoms with Gasteiger partial charge in [-0.1, -0.05) is 11.6 Å². The van der Waals surface area contributed by atoms with E-state index in [0.29, 0.717) is 33.2 Å². The fraction of sp³-hybridized carbons (Fsp3) is 0.238. The van der Waals surface area contributed by atoms with Gasteiger partial charge in [0.05, 0.1) is 5.39 Å². The van der Waals surface area contributed by atoms with E-state index in [4.69, 9.17) is 25.5 Å². The van der Waals surface area contributed by atoms with E-state index in [-0.39, 0.29) is 11.2 Å². The van der Waals surface area contributed by atoms with Gasteiger partial charge < -0.3 is 19.2 Å². The maximum atomic E-state index is 12.6. The first-order valence-corrected chi connectivity index (χ1v) is 9.46. The molecule has 0 saturated heterocycles. The summed E-state index contributed by atoms with van der Waals surface area (Å²) >= 11 is 5.91. The Morgan fingerprint density at radius 3 is 2.61 bits per heavy atom. The second-order valence-electron chi connectivity index (χ2n) is 7.05. The van der Waals surface area contributed by atoms with Gasteiger partial charge in [0, 0.05) is 35.7 Å². The van der Waals surface area contributed by atoms with Crippen LogP contribution < -0.4 is 20.2 Å². The molecule has 0 unspecified atom stereocenters. The number of rotatable bonds is 2. The van der Waals surface area contributed by atoms with Crippen molar-refractivity contribution in [1.82, 2.24) is 0 Å². The average molecular weight is 398 g/mol. The highest BCUT2D eigenvalue weighted by Gasteiger charge is 2.44. The fourth-order valence-electron chi connectivity index (χ4n) is 3.72. The molecule has 1 fully saturated rings. The maximum Gasteiger partial charge on any atom is 0.291 e. The standard InChI is InChI=1S/C21H16ClNO5/c22-12-3-5-16-14(9-12)15(24)11-19(26-16)20(25)23-13-4-6-17-18(10-13)28-21(27-17)7-1-2-8-21/h3-6,9-11H,1-2,7-8H2,(H,23,25). The van der Waals surface area contributed by atoms with Gasteiger partial charge in [-0.2, -0.15) is 0 Å². The number of halogens is 1. The summed E-state index contributed by atoms with van der Waals surface area (Å²) in [6.45, 7) is 0. The normalized spacial score (nSPS) is 16.6. The van der Waals surface area contributed by atoms with Gasteiger partial charge in [0.15, 0.2) is 22.7 Å². The van der Waals surface area contributed by atoms with Crippen molar-refractivity contribution in [2.24, 2.45) is 0 Å². The number of anilines is 1. The zero-order valence-electron chi connectivity index (χ0n) is 14.8. The van der Waals surface area contributed by atoms with Crippen LogP contribution in [-0.2, 0) is 0 Å². The molecule has 2 heterocycles. The molecule has 142 valence electrons. The van der Waals surface area contributed by atoms with E-state index in [9.17, 15) is 9.59 Å². The Kier molecular flexibility index (Phi) is 3.84. The second-order valence-corrected chi connectivity index (χ2v) is 7.49. The number of amides is 1. The Hall–Kier alpha value is -2.99. The van der Waals surface area contributed by atoms with Crippen LogP contribution in [-0.4, -0.2) is 11.7 Å². The largest absolute Gasteiger partial charge is 0.451 e. The molecule has 2 aromatic carbocycles. The minimum Gasteiger partial charge on any atom is -0.451 e. The van der Waals surface area contributed by atoms with Gasteiger partial charge in [0.2, 0.25) is 0 Å². The molecular formula is C21H16ClNO5. The van der Waals surface area contributed by atoms with E-state index >= 15 is 0 Å². The Morgan fingerprint density at radius 1 is 1.00 bits per heavy atom. The summed E-state index contributed by atoms with van der Waals surface area (Å²) in [5, 5.41) is 3.49. The molecule has 2 aliphatic rings. The van der Waals surface area contributed by atoms with Crippen molar-refractivity contribution in [3.05, 3.63) is 63.5 Å². The molecule has 1 N–H and O–H groups in total. The lowest BCUT2D eigenvalue weighted by Gasteiger charge is -2.21. The van der Waals surface area contributed by atoms with Crippen LogP contribution in [0.3, 0.4) is 0 Å². The van der Waals surface area contributed by atoms with Crippen LogP contribution in [0.2, 0.25) is 5.02 Å². The molecule has 1 spiro atoms. The zero-order valence-corrected chi connectivity index (χ0v) is 15.5.